The van der Waals surface area contributed by atoms with Crippen LogP contribution >= 0.6 is 30.3 Å². The largest absolute Gasteiger partial charge is 0.304 e. The van der Waals surface area contributed by atoms with Gasteiger partial charge in [-0.1, -0.05) is 18.2 Å². The van der Waals surface area contributed by atoms with Gasteiger partial charge in [0.05, 0.1) is 22.8 Å². The lowest BCUT2D eigenvalue weighted by Crippen LogP contribution is -2.44. The molecule has 6 nitrogen and oxygen atoms in total. The Morgan fingerprint density at radius 2 is 1.76 bits per heavy atom. The van der Waals surface area contributed by atoms with Crippen molar-refractivity contribution in [3.05, 3.63) is 64.8 Å². The van der Waals surface area contributed by atoms with Gasteiger partial charge in [-0.3, -0.25) is 14.5 Å². The lowest BCUT2D eigenvalue weighted by atomic mass is 9.97. The van der Waals surface area contributed by atoms with Crippen LogP contribution in [0.5, 0.6) is 0 Å². The van der Waals surface area contributed by atoms with Crippen LogP contribution < -0.4 is 0 Å². The fourth-order valence-electron chi connectivity index (χ4n) is 3.82. The molecule has 0 N–H and O–H groups in total. The maximum absolute atomic E-state index is 12.8. The molecule has 0 aliphatic carbocycles. The number of amides is 2. The Balaban J connectivity index is 1.60. The first-order chi connectivity index (χ1) is 13.9. The monoisotopic (exact) mass is 520 g/mol. The summed E-state index contributed by atoms with van der Waals surface area (Å²) in [6, 6.07) is 11.3. The van der Waals surface area contributed by atoms with E-state index in [4.69, 9.17) is 0 Å². The maximum Gasteiger partial charge on any atom is 0.261 e. The van der Waals surface area contributed by atoms with Gasteiger partial charge in [0, 0.05) is 48.3 Å². The highest BCUT2D eigenvalue weighted by atomic mass is 127. The van der Waals surface area contributed by atoms with E-state index in [9.17, 15) is 9.59 Å². The molecule has 0 saturated heterocycles. The summed E-state index contributed by atoms with van der Waals surface area (Å²) in [6.07, 6.45) is 2.64. The van der Waals surface area contributed by atoms with Crippen molar-refractivity contribution in [1.29, 1.82) is 0 Å². The summed E-state index contributed by atoms with van der Waals surface area (Å²) in [5, 5.41) is 5.55. The highest BCUT2D eigenvalue weighted by Crippen LogP contribution is 2.28. The molecule has 4 rings (SSSR count). The molecule has 0 saturated carbocycles. The van der Waals surface area contributed by atoms with E-state index in [1.165, 1.54) is 25.1 Å². The molecule has 3 aromatic rings. The van der Waals surface area contributed by atoms with Crippen LogP contribution in [0.3, 0.4) is 0 Å². The predicted octanol–water partition coefficient (Wildman–Crippen LogP) is 3.96. The zero-order valence-electron chi connectivity index (χ0n) is 16.4. The number of aromatic nitrogens is 2. The van der Waals surface area contributed by atoms with E-state index in [2.05, 4.69) is 50.3 Å². The molecule has 0 radical (unpaired) electrons. The van der Waals surface area contributed by atoms with Gasteiger partial charge < -0.3 is 4.90 Å². The lowest BCUT2D eigenvalue weighted by Gasteiger charge is -2.28. The molecule has 1 unspecified atom stereocenters. The maximum atomic E-state index is 12.8. The van der Waals surface area contributed by atoms with Crippen molar-refractivity contribution in [3.63, 3.8) is 0 Å². The molecule has 8 heteroatoms. The van der Waals surface area contributed by atoms with E-state index in [0.29, 0.717) is 17.7 Å². The fraction of sp³-hybridized carbons (Fsp3) is 0.286. The zero-order valence-corrected chi connectivity index (χ0v) is 19.4. The summed E-state index contributed by atoms with van der Waals surface area (Å²) in [7, 11) is 5.51. The average molecular weight is 520 g/mol. The van der Waals surface area contributed by atoms with Gasteiger partial charge in [0.15, 0.2) is 0 Å². The molecule has 2 amide bonds. The lowest BCUT2D eigenvalue weighted by molar-refractivity contribution is 0.0612. The van der Waals surface area contributed by atoms with Gasteiger partial charge in [0.25, 0.3) is 11.8 Å². The van der Waals surface area contributed by atoms with Crippen molar-refractivity contribution in [3.8, 4) is 0 Å². The third kappa shape index (κ3) is 3.57. The topological polar surface area (TPSA) is 58.4 Å². The second-order valence-corrected chi connectivity index (χ2v) is 9.12. The number of fused-ring (bicyclic) bond motifs is 2. The van der Waals surface area contributed by atoms with Crippen molar-refractivity contribution >= 4 is 53.0 Å². The Kier molecular flexibility index (Phi) is 5.67. The third-order valence-electron chi connectivity index (χ3n) is 5.62. The molecule has 0 bridgehead atoms. The summed E-state index contributed by atoms with van der Waals surface area (Å²) in [4.78, 5) is 29.0. The van der Waals surface area contributed by atoms with Crippen molar-refractivity contribution < 1.29 is 9.59 Å². The molecule has 150 valence electrons. The Morgan fingerprint density at radius 3 is 2.34 bits per heavy atom. The normalized spacial score (nSPS) is 14.9. The van der Waals surface area contributed by atoms with Gasteiger partial charge in [0.2, 0.25) is 0 Å². The quantitative estimate of drug-likeness (QED) is 0.364. The first-order valence-corrected chi connectivity index (χ1v) is 12.6. The Hall–Kier alpha value is -1.91. The van der Waals surface area contributed by atoms with E-state index in [-0.39, 0.29) is 17.9 Å². The smallest absolute Gasteiger partial charge is 0.261 e. The fourth-order valence-corrected chi connectivity index (χ4v) is 5.08. The molecule has 1 aliphatic heterocycles. The van der Waals surface area contributed by atoms with Gasteiger partial charge in [0.1, 0.15) is 0 Å². The number of halogens is 1. The second-order valence-electron chi connectivity index (χ2n) is 7.46. The molecule has 2 heterocycles. The summed E-state index contributed by atoms with van der Waals surface area (Å²) in [5.74, 6) is -0.407. The average Bonchev–Trinajstić information content (AvgIpc) is 3.24. The van der Waals surface area contributed by atoms with Gasteiger partial charge in [-0.2, -0.15) is 9.19 Å². The van der Waals surface area contributed by atoms with Gasteiger partial charge in [-0.25, -0.2) is 0 Å². The van der Waals surface area contributed by atoms with Gasteiger partial charge in [-0.05, 0) is 56.8 Å². The first-order valence-electron chi connectivity index (χ1n) is 9.29. The van der Waals surface area contributed by atoms with Gasteiger partial charge in [-0.15, -0.1) is 0 Å². The zero-order chi connectivity index (χ0) is 20.7. The van der Waals surface area contributed by atoms with Crippen LogP contribution in [-0.2, 0) is 6.42 Å². The number of carbonyl (C=O) groups is 2. The highest BCUT2D eigenvalue weighted by molar-refractivity contribution is 14.2. The van der Waals surface area contributed by atoms with Crippen molar-refractivity contribution in [2.24, 2.45) is 0 Å². The minimum absolute atomic E-state index is 0.0161. The van der Waals surface area contributed by atoms with Gasteiger partial charge >= 0.3 is 0 Å². The standard InChI is InChI=1S/C21H21IN4O2S/c1-13-14(8-9-19-18(13)11-23-26(19)29-22)10-15(24(2)3)12-25-20(27)16-6-4-5-7-17(16)21(25)28/h4-9,11,15H,10,12H2,1-3H3. The SMILES string of the molecule is Cc1c(CC(CN2C(=O)c3ccccc3C2=O)N(C)C)ccc2c1cnn2SI. The summed E-state index contributed by atoms with van der Waals surface area (Å²) < 4.78 is 1.90. The van der Waals surface area contributed by atoms with Crippen LogP contribution in [0, 0.1) is 6.92 Å². The van der Waals surface area contributed by atoms with Crippen LogP contribution in [-0.4, -0.2) is 57.5 Å². The van der Waals surface area contributed by atoms with Crippen molar-refractivity contribution in [2.45, 2.75) is 19.4 Å². The van der Waals surface area contributed by atoms with Crippen LogP contribution in [0.4, 0.5) is 0 Å². The minimum Gasteiger partial charge on any atom is -0.304 e. The molecule has 1 aliphatic rings. The molecule has 0 fully saturated rings. The van der Waals surface area contributed by atoms with E-state index >= 15 is 0 Å². The number of aryl methyl sites for hydroxylation is 1. The number of benzene rings is 2. The molecule has 0 spiro atoms. The molecule has 29 heavy (non-hydrogen) atoms. The highest BCUT2D eigenvalue weighted by Gasteiger charge is 2.36. The molecule has 1 atom stereocenters. The number of carbonyl (C=O) groups excluding carboxylic acids is 2. The number of likely N-dealkylation sites (N-methyl/N-ethyl adjacent to an activating group) is 1. The molecular formula is C21H21IN4O2S. The summed E-state index contributed by atoms with van der Waals surface area (Å²) in [5.41, 5.74) is 4.47. The summed E-state index contributed by atoms with van der Waals surface area (Å²) >= 11 is 2.22. The first kappa shape index (κ1) is 20.4. The van der Waals surface area contributed by atoms with Crippen molar-refractivity contribution in [1.82, 2.24) is 19.0 Å². The predicted molar refractivity (Wildman–Crippen MR) is 124 cm³/mol. The molecule has 1 aromatic heterocycles. The number of imide groups is 1. The van der Waals surface area contributed by atoms with Crippen LogP contribution in [0.15, 0.2) is 42.6 Å². The number of nitrogens with zero attached hydrogens (tertiary/aromatic N) is 4. The van der Waals surface area contributed by atoms with E-state index < -0.39 is 0 Å². The minimum atomic E-state index is -0.204. The number of hydrogen-bond acceptors (Lipinski definition) is 5. The number of rotatable bonds is 6. The molecular weight excluding hydrogens is 499 g/mol. The van der Waals surface area contributed by atoms with E-state index in [1.54, 1.807) is 24.3 Å². The Labute approximate surface area is 186 Å². The van der Waals surface area contributed by atoms with Crippen molar-refractivity contribution in [2.75, 3.05) is 20.6 Å². The third-order valence-corrected chi connectivity index (χ3v) is 7.17. The van der Waals surface area contributed by atoms with E-state index in [1.807, 2.05) is 24.4 Å². The van der Waals surface area contributed by atoms with E-state index in [0.717, 1.165) is 17.3 Å². The summed E-state index contributed by atoms with van der Waals surface area (Å²) in [6.45, 7) is 2.47. The van der Waals surface area contributed by atoms with Crippen LogP contribution in [0.1, 0.15) is 31.8 Å². The Morgan fingerprint density at radius 1 is 1.10 bits per heavy atom. The molecule has 2 aromatic carbocycles. The van der Waals surface area contributed by atoms with Crippen LogP contribution in [0.25, 0.3) is 10.9 Å². The van der Waals surface area contributed by atoms with Crippen LogP contribution in [0.2, 0.25) is 0 Å². The second kappa shape index (κ2) is 8.08. The number of hydrogen-bond donors (Lipinski definition) is 0. The Bertz CT molecular complexity index is 1080.